The van der Waals surface area contributed by atoms with E-state index in [0.29, 0.717) is 6.61 Å². The number of hydrogen-bond donors (Lipinski definition) is 2. The van der Waals surface area contributed by atoms with Gasteiger partial charge in [0, 0.05) is 17.0 Å². The Morgan fingerprint density at radius 1 is 1.13 bits per heavy atom. The minimum absolute atomic E-state index is 0.232. The number of aryl methyl sites for hydroxylation is 1. The molecule has 1 heterocycles. The molecule has 2 aromatic carbocycles. The number of carbonyl (C=O) groups is 1. The lowest BCUT2D eigenvalue weighted by Gasteiger charge is -2.56. The summed E-state index contributed by atoms with van der Waals surface area (Å²) in [6.07, 6.45) is 7.62. The maximum absolute atomic E-state index is 12.6. The van der Waals surface area contributed by atoms with Crippen molar-refractivity contribution in [2.24, 2.45) is 0 Å². The van der Waals surface area contributed by atoms with Gasteiger partial charge in [-0.25, -0.2) is 4.79 Å². The SMILES string of the molecule is CCOC(=O)/C=C1\C2(CCc3ccccc3)CCCC1(c1cccc(O)c1)CCN2. The first kappa shape index (κ1) is 20.7. The van der Waals surface area contributed by atoms with Gasteiger partial charge in [-0.2, -0.15) is 0 Å². The van der Waals surface area contributed by atoms with E-state index in [4.69, 9.17) is 4.74 Å². The quantitative estimate of drug-likeness (QED) is 0.542. The van der Waals surface area contributed by atoms with Gasteiger partial charge in [-0.3, -0.25) is 0 Å². The van der Waals surface area contributed by atoms with Crippen molar-refractivity contribution in [3.05, 3.63) is 77.4 Å². The first-order valence-corrected chi connectivity index (χ1v) is 11.1. The number of carbonyl (C=O) groups excluding carboxylic acids is 1. The van der Waals surface area contributed by atoms with Crippen LogP contribution in [-0.2, 0) is 21.4 Å². The molecule has 4 heteroatoms. The van der Waals surface area contributed by atoms with Crippen LogP contribution in [0.4, 0.5) is 0 Å². The van der Waals surface area contributed by atoms with Crippen LogP contribution in [0.3, 0.4) is 0 Å². The smallest absolute Gasteiger partial charge is 0.330 e. The van der Waals surface area contributed by atoms with E-state index in [1.54, 1.807) is 12.1 Å². The molecule has 1 saturated carbocycles. The van der Waals surface area contributed by atoms with Crippen LogP contribution >= 0.6 is 0 Å². The lowest BCUT2D eigenvalue weighted by Crippen LogP contribution is -2.61. The summed E-state index contributed by atoms with van der Waals surface area (Å²) in [7, 11) is 0. The van der Waals surface area contributed by atoms with Crippen LogP contribution in [0.15, 0.2) is 66.2 Å². The molecule has 4 rings (SSSR count). The zero-order valence-electron chi connectivity index (χ0n) is 17.7. The molecule has 2 aliphatic rings. The number of esters is 1. The Morgan fingerprint density at radius 3 is 2.73 bits per heavy atom. The van der Waals surface area contributed by atoms with Gasteiger partial charge in [0.1, 0.15) is 5.75 Å². The van der Waals surface area contributed by atoms with E-state index in [1.807, 2.05) is 25.1 Å². The predicted octanol–water partition coefficient (Wildman–Crippen LogP) is 4.67. The van der Waals surface area contributed by atoms with Gasteiger partial charge in [0.25, 0.3) is 0 Å². The molecular weight excluding hydrogens is 374 g/mol. The number of hydrogen-bond acceptors (Lipinski definition) is 4. The van der Waals surface area contributed by atoms with Crippen molar-refractivity contribution in [2.75, 3.05) is 13.2 Å². The number of nitrogens with one attached hydrogen (secondary N) is 1. The number of phenols is 1. The Labute approximate surface area is 179 Å². The highest BCUT2D eigenvalue weighted by molar-refractivity contribution is 5.84. The Balaban J connectivity index is 1.77. The normalized spacial score (nSPS) is 27.0. The van der Waals surface area contributed by atoms with Crippen LogP contribution in [0, 0.1) is 0 Å². The van der Waals surface area contributed by atoms with Crippen molar-refractivity contribution < 1.29 is 14.6 Å². The van der Waals surface area contributed by atoms with Crippen molar-refractivity contribution in [3.8, 4) is 5.75 Å². The number of fused-ring (bicyclic) bond motifs is 2. The summed E-state index contributed by atoms with van der Waals surface area (Å²) in [6.45, 7) is 3.10. The fourth-order valence-electron chi connectivity index (χ4n) is 5.55. The van der Waals surface area contributed by atoms with E-state index in [1.165, 1.54) is 5.56 Å². The molecule has 1 aliphatic heterocycles. The van der Waals surface area contributed by atoms with Gasteiger partial charge in [-0.05, 0) is 74.4 Å². The summed E-state index contributed by atoms with van der Waals surface area (Å²) in [5.41, 5.74) is 3.06. The summed E-state index contributed by atoms with van der Waals surface area (Å²) in [5.74, 6) is 0.00284. The van der Waals surface area contributed by atoms with E-state index in [9.17, 15) is 9.90 Å². The summed E-state index contributed by atoms with van der Waals surface area (Å²) >= 11 is 0. The molecular formula is C26H31NO3. The summed E-state index contributed by atoms with van der Waals surface area (Å²) in [4.78, 5) is 12.6. The molecule has 1 aliphatic carbocycles. The average Bonchev–Trinajstić information content (AvgIpc) is 2.74. The van der Waals surface area contributed by atoms with E-state index in [0.717, 1.165) is 56.2 Å². The maximum Gasteiger partial charge on any atom is 0.330 e. The van der Waals surface area contributed by atoms with Gasteiger partial charge in [-0.15, -0.1) is 0 Å². The zero-order valence-corrected chi connectivity index (χ0v) is 17.7. The summed E-state index contributed by atoms with van der Waals surface area (Å²) in [6, 6.07) is 18.1. The largest absolute Gasteiger partial charge is 0.508 e. The summed E-state index contributed by atoms with van der Waals surface area (Å²) in [5, 5.41) is 14.0. The fraction of sp³-hybridized carbons (Fsp3) is 0.423. The van der Waals surface area contributed by atoms with Gasteiger partial charge in [0.05, 0.1) is 6.61 Å². The molecule has 4 nitrogen and oxygen atoms in total. The lowest BCUT2D eigenvalue weighted by atomic mass is 9.54. The van der Waals surface area contributed by atoms with Gasteiger partial charge in [-0.1, -0.05) is 48.9 Å². The van der Waals surface area contributed by atoms with E-state index < -0.39 is 0 Å². The topological polar surface area (TPSA) is 58.6 Å². The molecule has 1 saturated heterocycles. The molecule has 2 bridgehead atoms. The zero-order chi connectivity index (χ0) is 21.0. The Bertz CT molecular complexity index is 909. The molecule has 2 unspecified atom stereocenters. The van der Waals surface area contributed by atoms with Crippen LogP contribution in [-0.4, -0.2) is 29.8 Å². The molecule has 0 amide bonds. The van der Waals surface area contributed by atoms with Gasteiger partial charge >= 0.3 is 5.97 Å². The third-order valence-corrected chi connectivity index (χ3v) is 6.88. The number of benzene rings is 2. The number of phenolic OH excluding ortho intramolecular Hbond substituents is 1. The Hall–Kier alpha value is -2.59. The molecule has 2 atom stereocenters. The van der Waals surface area contributed by atoms with Crippen molar-refractivity contribution in [1.29, 1.82) is 0 Å². The van der Waals surface area contributed by atoms with Gasteiger partial charge in [0.15, 0.2) is 0 Å². The molecule has 2 fully saturated rings. The van der Waals surface area contributed by atoms with Gasteiger partial charge in [0.2, 0.25) is 0 Å². The second-order valence-electron chi connectivity index (χ2n) is 8.54. The second kappa shape index (κ2) is 8.65. The van der Waals surface area contributed by atoms with Crippen LogP contribution in [0.1, 0.15) is 50.2 Å². The van der Waals surface area contributed by atoms with Crippen molar-refractivity contribution in [2.45, 2.75) is 56.4 Å². The molecule has 2 N–H and O–H groups in total. The third-order valence-electron chi connectivity index (χ3n) is 6.88. The molecule has 2 aromatic rings. The molecule has 0 radical (unpaired) electrons. The van der Waals surface area contributed by atoms with Crippen molar-refractivity contribution >= 4 is 5.97 Å². The highest BCUT2D eigenvalue weighted by Gasteiger charge is 2.52. The second-order valence-corrected chi connectivity index (χ2v) is 8.54. The average molecular weight is 406 g/mol. The molecule has 0 spiro atoms. The molecule has 0 aromatic heterocycles. The van der Waals surface area contributed by atoms with E-state index in [2.05, 4.69) is 35.6 Å². The molecule has 30 heavy (non-hydrogen) atoms. The highest BCUT2D eigenvalue weighted by Crippen LogP contribution is 2.54. The van der Waals surface area contributed by atoms with Crippen LogP contribution < -0.4 is 5.32 Å². The van der Waals surface area contributed by atoms with Crippen LogP contribution in [0.2, 0.25) is 0 Å². The van der Waals surface area contributed by atoms with Crippen molar-refractivity contribution in [1.82, 2.24) is 5.32 Å². The predicted molar refractivity (Wildman–Crippen MR) is 118 cm³/mol. The Morgan fingerprint density at radius 2 is 1.97 bits per heavy atom. The minimum atomic E-state index is -0.272. The minimum Gasteiger partial charge on any atom is -0.508 e. The first-order valence-electron chi connectivity index (χ1n) is 11.1. The van der Waals surface area contributed by atoms with Crippen LogP contribution in [0.5, 0.6) is 5.75 Å². The van der Waals surface area contributed by atoms with Crippen molar-refractivity contribution in [3.63, 3.8) is 0 Å². The first-order chi connectivity index (χ1) is 14.6. The Kier molecular flexibility index (Phi) is 5.96. The maximum atomic E-state index is 12.6. The number of rotatable bonds is 6. The number of piperidine rings is 1. The van der Waals surface area contributed by atoms with E-state index >= 15 is 0 Å². The summed E-state index contributed by atoms with van der Waals surface area (Å²) < 4.78 is 5.33. The fourth-order valence-corrected chi connectivity index (χ4v) is 5.55. The highest BCUT2D eigenvalue weighted by atomic mass is 16.5. The standard InChI is InChI=1S/C26H31NO3/c1-2-30-24(29)19-23-25(21-10-6-11-22(28)18-21)13-7-14-26(23,27-17-16-25)15-12-20-8-4-3-5-9-20/h3-6,8-11,18-19,27-28H,2,7,12-17H2,1H3/b23-19-. The monoisotopic (exact) mass is 405 g/mol. The van der Waals surface area contributed by atoms with Gasteiger partial charge < -0.3 is 15.2 Å². The number of ether oxygens (including phenoxy) is 1. The molecule has 158 valence electrons. The lowest BCUT2D eigenvalue weighted by molar-refractivity contribution is -0.137. The third kappa shape index (κ3) is 3.89. The van der Waals surface area contributed by atoms with E-state index in [-0.39, 0.29) is 22.7 Å². The number of aromatic hydroxyl groups is 1. The van der Waals surface area contributed by atoms with Crippen LogP contribution in [0.25, 0.3) is 0 Å².